The SMILES string of the molecule is Cn1cc(/C(CC(c2ccc(Br)cc2)C2CCCC2)=N/O)ccc1=O. The maximum Gasteiger partial charge on any atom is 0.250 e. The molecule has 1 aliphatic carbocycles. The van der Waals surface area contributed by atoms with Gasteiger partial charge >= 0.3 is 0 Å². The lowest BCUT2D eigenvalue weighted by atomic mass is 9.80. The molecule has 1 unspecified atom stereocenters. The minimum Gasteiger partial charge on any atom is -0.411 e. The van der Waals surface area contributed by atoms with E-state index in [4.69, 9.17) is 0 Å². The molecule has 0 amide bonds. The van der Waals surface area contributed by atoms with E-state index in [1.807, 2.05) is 0 Å². The third kappa shape index (κ3) is 4.21. The number of halogens is 1. The largest absolute Gasteiger partial charge is 0.411 e. The molecule has 1 aromatic carbocycles. The molecule has 0 spiro atoms. The van der Waals surface area contributed by atoms with E-state index in [0.717, 1.165) is 10.0 Å². The summed E-state index contributed by atoms with van der Waals surface area (Å²) in [5.74, 6) is 0.921. The normalized spacial score (nSPS) is 17.0. The molecule has 3 rings (SSSR count). The topological polar surface area (TPSA) is 54.6 Å². The predicted octanol–water partition coefficient (Wildman–Crippen LogP) is 4.69. The van der Waals surface area contributed by atoms with Crippen molar-refractivity contribution in [3.05, 3.63) is 68.5 Å². The molecule has 0 aliphatic heterocycles. The van der Waals surface area contributed by atoms with Crippen molar-refractivity contribution in [2.45, 2.75) is 38.0 Å². The highest BCUT2D eigenvalue weighted by molar-refractivity contribution is 9.10. The fraction of sp³-hybridized carbons (Fsp3) is 0.400. The first-order valence-corrected chi connectivity index (χ1v) is 9.51. The Kier molecular flexibility index (Phi) is 5.74. The minimum atomic E-state index is -0.0682. The Morgan fingerprint density at radius 2 is 1.92 bits per heavy atom. The molecule has 1 fully saturated rings. The Balaban J connectivity index is 1.91. The highest BCUT2D eigenvalue weighted by atomic mass is 79.9. The lowest BCUT2D eigenvalue weighted by molar-refractivity contribution is 0.316. The van der Waals surface area contributed by atoms with Gasteiger partial charge in [0, 0.05) is 35.8 Å². The Morgan fingerprint density at radius 1 is 1.24 bits per heavy atom. The van der Waals surface area contributed by atoms with Crippen molar-refractivity contribution in [3.63, 3.8) is 0 Å². The molecule has 0 bridgehead atoms. The average molecular weight is 403 g/mol. The van der Waals surface area contributed by atoms with Crippen molar-refractivity contribution in [3.8, 4) is 0 Å². The number of oxime groups is 1. The van der Waals surface area contributed by atoms with Crippen LogP contribution in [0.25, 0.3) is 0 Å². The van der Waals surface area contributed by atoms with E-state index in [0.29, 0.717) is 24.0 Å². The van der Waals surface area contributed by atoms with Crippen molar-refractivity contribution in [1.29, 1.82) is 0 Å². The molecule has 1 heterocycles. The van der Waals surface area contributed by atoms with Crippen molar-refractivity contribution < 1.29 is 5.21 Å². The highest BCUT2D eigenvalue weighted by Gasteiger charge is 2.28. The van der Waals surface area contributed by atoms with Gasteiger partial charge in [-0.3, -0.25) is 4.79 Å². The first-order chi connectivity index (χ1) is 12.1. The summed E-state index contributed by atoms with van der Waals surface area (Å²) in [4.78, 5) is 11.6. The van der Waals surface area contributed by atoms with Crippen molar-refractivity contribution in [2.75, 3.05) is 0 Å². The van der Waals surface area contributed by atoms with E-state index in [1.54, 1.807) is 19.3 Å². The average Bonchev–Trinajstić information content (AvgIpc) is 3.14. The van der Waals surface area contributed by atoms with Crippen LogP contribution < -0.4 is 5.56 Å². The number of rotatable bonds is 5. The third-order valence-electron chi connectivity index (χ3n) is 5.22. The number of hydrogen-bond acceptors (Lipinski definition) is 3. The smallest absolute Gasteiger partial charge is 0.250 e. The summed E-state index contributed by atoms with van der Waals surface area (Å²) >= 11 is 3.50. The number of aromatic nitrogens is 1. The predicted molar refractivity (Wildman–Crippen MR) is 103 cm³/mol. The van der Waals surface area contributed by atoms with Crippen LogP contribution in [0.1, 0.15) is 49.1 Å². The molecule has 132 valence electrons. The number of pyridine rings is 1. The maximum atomic E-state index is 11.6. The van der Waals surface area contributed by atoms with E-state index in [2.05, 4.69) is 45.4 Å². The summed E-state index contributed by atoms with van der Waals surface area (Å²) in [5, 5.41) is 13.2. The van der Waals surface area contributed by atoms with E-state index < -0.39 is 0 Å². The molecular weight excluding hydrogens is 380 g/mol. The van der Waals surface area contributed by atoms with E-state index in [-0.39, 0.29) is 5.56 Å². The summed E-state index contributed by atoms with van der Waals surface area (Å²) < 4.78 is 2.58. The Morgan fingerprint density at radius 3 is 2.52 bits per heavy atom. The van der Waals surface area contributed by atoms with Crippen molar-refractivity contribution in [1.82, 2.24) is 4.57 Å². The maximum absolute atomic E-state index is 11.6. The monoisotopic (exact) mass is 402 g/mol. The van der Waals surface area contributed by atoms with Gasteiger partial charge in [-0.05, 0) is 48.4 Å². The summed E-state index contributed by atoms with van der Waals surface area (Å²) in [6, 6.07) is 11.7. The van der Waals surface area contributed by atoms with E-state index >= 15 is 0 Å². The molecule has 1 atom stereocenters. The van der Waals surface area contributed by atoms with Crippen LogP contribution in [-0.2, 0) is 7.05 Å². The number of hydrogen-bond donors (Lipinski definition) is 1. The van der Waals surface area contributed by atoms with Crippen LogP contribution in [0.3, 0.4) is 0 Å². The summed E-state index contributed by atoms with van der Waals surface area (Å²) in [6.07, 6.45) is 7.37. The molecule has 1 aromatic heterocycles. The van der Waals surface area contributed by atoms with Crippen molar-refractivity contribution >= 4 is 21.6 Å². The highest BCUT2D eigenvalue weighted by Crippen LogP contribution is 2.40. The number of benzene rings is 1. The fourth-order valence-corrected chi connectivity index (χ4v) is 4.08. The zero-order chi connectivity index (χ0) is 17.8. The van der Waals surface area contributed by atoms with Crippen LogP contribution in [0.5, 0.6) is 0 Å². The van der Waals surface area contributed by atoms with E-state index in [1.165, 1.54) is 41.9 Å². The first kappa shape index (κ1) is 17.9. The number of aryl methyl sites for hydroxylation is 1. The molecule has 0 saturated heterocycles. The Bertz CT molecular complexity index is 805. The first-order valence-electron chi connectivity index (χ1n) is 8.72. The standard InChI is InChI=1S/C20H23BrN2O2/c1-23-13-16(8-11-20(23)24)19(22-25)12-18(14-4-2-3-5-14)15-6-9-17(21)10-7-15/h6-11,13-14,18,25H,2-5,12H2,1H3/b22-19+. The van der Waals surface area contributed by atoms with Crippen LogP contribution >= 0.6 is 15.9 Å². The quantitative estimate of drug-likeness (QED) is 0.447. The fourth-order valence-electron chi connectivity index (χ4n) is 3.82. The summed E-state index contributed by atoms with van der Waals surface area (Å²) in [6.45, 7) is 0. The lowest BCUT2D eigenvalue weighted by Gasteiger charge is -2.24. The zero-order valence-electron chi connectivity index (χ0n) is 14.4. The lowest BCUT2D eigenvalue weighted by Crippen LogP contribution is -2.19. The van der Waals surface area contributed by atoms with Gasteiger partial charge in [-0.1, -0.05) is 46.1 Å². The molecular formula is C20H23BrN2O2. The second-order valence-electron chi connectivity index (χ2n) is 6.82. The third-order valence-corrected chi connectivity index (χ3v) is 5.75. The minimum absolute atomic E-state index is 0.0682. The summed E-state index contributed by atoms with van der Waals surface area (Å²) in [5.41, 5.74) is 2.64. The molecule has 4 nitrogen and oxygen atoms in total. The molecule has 1 N–H and O–H groups in total. The van der Waals surface area contributed by atoms with E-state index in [9.17, 15) is 10.0 Å². The second kappa shape index (κ2) is 8.00. The van der Waals surface area contributed by atoms with Gasteiger partial charge in [0.15, 0.2) is 0 Å². The molecule has 1 saturated carbocycles. The van der Waals surface area contributed by atoms with Crippen LogP contribution in [-0.4, -0.2) is 15.5 Å². The number of nitrogens with zero attached hydrogens (tertiary/aromatic N) is 2. The van der Waals surface area contributed by atoms with Gasteiger partial charge in [-0.15, -0.1) is 0 Å². The Labute approximate surface area is 156 Å². The van der Waals surface area contributed by atoms with Crippen LogP contribution in [0.15, 0.2) is 57.0 Å². The van der Waals surface area contributed by atoms with Gasteiger partial charge in [0.1, 0.15) is 0 Å². The van der Waals surface area contributed by atoms with Crippen LogP contribution in [0, 0.1) is 5.92 Å². The zero-order valence-corrected chi connectivity index (χ0v) is 15.9. The molecule has 2 aromatic rings. The molecule has 1 aliphatic rings. The van der Waals surface area contributed by atoms with Gasteiger partial charge in [-0.25, -0.2) is 0 Å². The van der Waals surface area contributed by atoms with Gasteiger partial charge < -0.3 is 9.77 Å². The van der Waals surface area contributed by atoms with Gasteiger partial charge in [0.25, 0.3) is 0 Å². The summed E-state index contributed by atoms with van der Waals surface area (Å²) in [7, 11) is 1.71. The van der Waals surface area contributed by atoms with Crippen LogP contribution in [0.4, 0.5) is 0 Å². The van der Waals surface area contributed by atoms with Crippen molar-refractivity contribution in [2.24, 2.45) is 18.1 Å². The van der Waals surface area contributed by atoms with Gasteiger partial charge in [0.05, 0.1) is 5.71 Å². The molecule has 25 heavy (non-hydrogen) atoms. The van der Waals surface area contributed by atoms with Gasteiger partial charge in [0.2, 0.25) is 5.56 Å². The Hall–Kier alpha value is -1.88. The molecule has 0 radical (unpaired) electrons. The van der Waals surface area contributed by atoms with Gasteiger partial charge in [-0.2, -0.15) is 0 Å². The molecule has 5 heteroatoms. The van der Waals surface area contributed by atoms with Crippen LogP contribution in [0.2, 0.25) is 0 Å². The second-order valence-corrected chi connectivity index (χ2v) is 7.74.